The van der Waals surface area contributed by atoms with Gasteiger partial charge in [0.1, 0.15) is 12.4 Å². The van der Waals surface area contributed by atoms with Crippen molar-refractivity contribution in [2.75, 3.05) is 26.7 Å². The van der Waals surface area contributed by atoms with Gasteiger partial charge in [-0.25, -0.2) is 0 Å². The van der Waals surface area contributed by atoms with Crippen molar-refractivity contribution >= 4 is 0 Å². The molecule has 0 amide bonds. The molecule has 3 nitrogen and oxygen atoms in total. The van der Waals surface area contributed by atoms with Crippen LogP contribution in [0.1, 0.15) is 24.8 Å². The van der Waals surface area contributed by atoms with Crippen molar-refractivity contribution in [3.63, 3.8) is 0 Å². The number of hydrogen-bond acceptors (Lipinski definition) is 3. The smallest absolute Gasteiger partial charge is 0.119 e. The van der Waals surface area contributed by atoms with E-state index in [9.17, 15) is 0 Å². The van der Waals surface area contributed by atoms with Crippen molar-refractivity contribution in [2.45, 2.75) is 31.8 Å². The van der Waals surface area contributed by atoms with E-state index in [-0.39, 0.29) is 0 Å². The number of benzene rings is 1. The molecule has 1 N–H and O–H groups in total. The van der Waals surface area contributed by atoms with Crippen LogP contribution >= 0.6 is 0 Å². The Morgan fingerprint density at radius 1 is 1.26 bits per heavy atom. The summed E-state index contributed by atoms with van der Waals surface area (Å²) < 4.78 is 5.85. The monoisotopic (exact) mass is 260 g/mol. The van der Waals surface area contributed by atoms with Gasteiger partial charge < -0.3 is 10.1 Å². The maximum Gasteiger partial charge on any atom is 0.119 e. The molecule has 1 aromatic carbocycles. The minimum Gasteiger partial charge on any atom is -0.492 e. The SMILES string of the molecule is CNCc1ccc(OCCN2CC3CCC2C3)cc1. The van der Waals surface area contributed by atoms with Gasteiger partial charge >= 0.3 is 0 Å². The van der Waals surface area contributed by atoms with Gasteiger partial charge in [-0.2, -0.15) is 0 Å². The number of rotatable bonds is 6. The zero-order valence-corrected chi connectivity index (χ0v) is 11.8. The third-order valence-corrected chi connectivity index (χ3v) is 4.47. The van der Waals surface area contributed by atoms with Gasteiger partial charge in [0.05, 0.1) is 0 Å². The van der Waals surface area contributed by atoms with E-state index in [1.165, 1.54) is 31.4 Å². The fourth-order valence-electron chi connectivity index (χ4n) is 3.49. The topological polar surface area (TPSA) is 24.5 Å². The van der Waals surface area contributed by atoms with Gasteiger partial charge in [0.2, 0.25) is 0 Å². The molecule has 2 atom stereocenters. The maximum absolute atomic E-state index is 5.85. The molecular formula is C16H24N2O. The van der Waals surface area contributed by atoms with Crippen LogP contribution in [0.3, 0.4) is 0 Å². The highest BCUT2D eigenvalue weighted by atomic mass is 16.5. The molecular weight excluding hydrogens is 236 g/mol. The highest BCUT2D eigenvalue weighted by molar-refractivity contribution is 5.27. The van der Waals surface area contributed by atoms with E-state index in [0.29, 0.717) is 0 Å². The lowest BCUT2D eigenvalue weighted by Crippen LogP contribution is -2.35. The summed E-state index contributed by atoms with van der Waals surface area (Å²) in [6.07, 6.45) is 4.29. The second kappa shape index (κ2) is 5.93. The standard InChI is InChI=1S/C16H24N2O/c1-17-11-13-3-6-16(7-4-13)19-9-8-18-12-14-2-5-15(18)10-14/h3-4,6-7,14-15,17H,2,5,8-12H2,1H3. The Labute approximate surface area is 115 Å². The second-order valence-corrected chi connectivity index (χ2v) is 5.85. The number of piperidine rings is 1. The van der Waals surface area contributed by atoms with Crippen molar-refractivity contribution in [1.82, 2.24) is 10.2 Å². The molecule has 0 radical (unpaired) electrons. The minimum atomic E-state index is 0.814. The van der Waals surface area contributed by atoms with Crippen molar-refractivity contribution in [3.8, 4) is 5.75 Å². The summed E-state index contributed by atoms with van der Waals surface area (Å²) in [6, 6.07) is 9.26. The third kappa shape index (κ3) is 3.10. The Balaban J connectivity index is 1.42. The number of fused-ring (bicyclic) bond motifs is 2. The van der Waals surface area contributed by atoms with Crippen LogP contribution in [0.4, 0.5) is 0 Å². The Bertz CT molecular complexity index is 404. The summed E-state index contributed by atoms with van der Waals surface area (Å²) in [5, 5.41) is 3.15. The summed E-state index contributed by atoms with van der Waals surface area (Å²) in [5.41, 5.74) is 1.30. The van der Waals surface area contributed by atoms with E-state index in [2.05, 4.69) is 34.5 Å². The van der Waals surface area contributed by atoms with Crippen LogP contribution in [0, 0.1) is 5.92 Å². The van der Waals surface area contributed by atoms with Crippen molar-refractivity contribution < 1.29 is 4.74 Å². The average Bonchev–Trinajstić information content (AvgIpc) is 3.03. The predicted molar refractivity (Wildman–Crippen MR) is 77.4 cm³/mol. The van der Waals surface area contributed by atoms with E-state index in [1.807, 2.05) is 7.05 Å². The Morgan fingerprint density at radius 3 is 2.74 bits per heavy atom. The summed E-state index contributed by atoms with van der Waals surface area (Å²) in [6.45, 7) is 4.11. The normalized spacial score (nSPS) is 25.9. The molecule has 1 saturated carbocycles. The van der Waals surface area contributed by atoms with Gasteiger partial charge in [-0.05, 0) is 49.9 Å². The van der Waals surface area contributed by atoms with Gasteiger partial charge in [0, 0.05) is 25.7 Å². The van der Waals surface area contributed by atoms with E-state index in [1.54, 1.807) is 0 Å². The number of nitrogens with zero attached hydrogens (tertiary/aromatic N) is 1. The van der Waals surface area contributed by atoms with Crippen LogP contribution in [-0.2, 0) is 6.54 Å². The number of nitrogens with one attached hydrogen (secondary N) is 1. The highest BCUT2D eigenvalue weighted by Gasteiger charge is 2.37. The van der Waals surface area contributed by atoms with Gasteiger partial charge in [0.15, 0.2) is 0 Å². The van der Waals surface area contributed by atoms with Gasteiger partial charge in [-0.15, -0.1) is 0 Å². The molecule has 0 aromatic heterocycles. The van der Waals surface area contributed by atoms with Crippen LogP contribution in [-0.4, -0.2) is 37.7 Å². The number of likely N-dealkylation sites (tertiary alicyclic amines) is 1. The maximum atomic E-state index is 5.85. The lowest BCUT2D eigenvalue weighted by molar-refractivity contribution is 0.172. The zero-order valence-electron chi connectivity index (χ0n) is 11.8. The lowest BCUT2D eigenvalue weighted by Gasteiger charge is -2.26. The summed E-state index contributed by atoms with van der Waals surface area (Å²) >= 11 is 0. The number of hydrogen-bond donors (Lipinski definition) is 1. The largest absolute Gasteiger partial charge is 0.492 e. The molecule has 2 fully saturated rings. The minimum absolute atomic E-state index is 0.814. The first-order chi connectivity index (χ1) is 9.35. The molecule has 2 bridgehead atoms. The third-order valence-electron chi connectivity index (χ3n) is 4.47. The van der Waals surface area contributed by atoms with Crippen LogP contribution in [0.25, 0.3) is 0 Å². The average molecular weight is 260 g/mol. The van der Waals surface area contributed by atoms with E-state index in [4.69, 9.17) is 4.74 Å². The van der Waals surface area contributed by atoms with Crippen LogP contribution in [0.15, 0.2) is 24.3 Å². The van der Waals surface area contributed by atoms with E-state index >= 15 is 0 Å². The molecule has 19 heavy (non-hydrogen) atoms. The first-order valence-electron chi connectivity index (χ1n) is 7.45. The molecule has 1 aliphatic carbocycles. The van der Waals surface area contributed by atoms with Gasteiger partial charge in [-0.3, -0.25) is 4.90 Å². The van der Waals surface area contributed by atoms with Crippen LogP contribution < -0.4 is 10.1 Å². The Hall–Kier alpha value is -1.06. The van der Waals surface area contributed by atoms with Gasteiger partial charge in [-0.1, -0.05) is 12.1 Å². The molecule has 2 unspecified atom stereocenters. The first-order valence-corrected chi connectivity index (χ1v) is 7.45. The van der Waals surface area contributed by atoms with Gasteiger partial charge in [0.25, 0.3) is 0 Å². The van der Waals surface area contributed by atoms with Crippen LogP contribution in [0.5, 0.6) is 5.75 Å². The van der Waals surface area contributed by atoms with Crippen molar-refractivity contribution in [3.05, 3.63) is 29.8 Å². The van der Waals surface area contributed by atoms with E-state index in [0.717, 1.165) is 37.4 Å². The Morgan fingerprint density at radius 2 is 2.11 bits per heavy atom. The molecule has 1 saturated heterocycles. The van der Waals surface area contributed by atoms with Crippen LogP contribution in [0.2, 0.25) is 0 Å². The first kappa shape index (κ1) is 12.9. The second-order valence-electron chi connectivity index (χ2n) is 5.85. The zero-order chi connectivity index (χ0) is 13.1. The Kier molecular flexibility index (Phi) is 4.04. The van der Waals surface area contributed by atoms with Crippen molar-refractivity contribution in [2.24, 2.45) is 5.92 Å². The number of ether oxygens (including phenoxy) is 1. The summed E-state index contributed by atoms with van der Waals surface area (Å²) in [5.74, 6) is 1.97. The molecule has 3 heteroatoms. The predicted octanol–water partition coefficient (Wildman–Crippen LogP) is 2.27. The molecule has 3 rings (SSSR count). The molecule has 1 heterocycles. The van der Waals surface area contributed by atoms with Crippen molar-refractivity contribution in [1.29, 1.82) is 0 Å². The molecule has 104 valence electrons. The highest BCUT2D eigenvalue weighted by Crippen LogP contribution is 2.36. The summed E-state index contributed by atoms with van der Waals surface area (Å²) in [7, 11) is 1.97. The fraction of sp³-hybridized carbons (Fsp3) is 0.625. The molecule has 1 aromatic rings. The fourth-order valence-corrected chi connectivity index (χ4v) is 3.49. The quantitative estimate of drug-likeness (QED) is 0.849. The lowest BCUT2D eigenvalue weighted by atomic mass is 10.1. The summed E-state index contributed by atoms with van der Waals surface area (Å²) in [4.78, 5) is 2.61. The molecule has 0 spiro atoms. The molecule has 2 aliphatic rings. The van der Waals surface area contributed by atoms with E-state index < -0.39 is 0 Å². The molecule has 1 aliphatic heterocycles.